The average molecular weight is 573 g/mol. The van der Waals surface area contributed by atoms with E-state index in [1.807, 2.05) is 12.1 Å². The summed E-state index contributed by atoms with van der Waals surface area (Å²) < 4.78 is 21.7. The van der Waals surface area contributed by atoms with E-state index < -0.39 is 37.6 Å². The summed E-state index contributed by atoms with van der Waals surface area (Å²) in [6.07, 6.45) is 1.85. The zero-order valence-corrected chi connectivity index (χ0v) is 22.6. The van der Waals surface area contributed by atoms with E-state index >= 15 is 0 Å². The van der Waals surface area contributed by atoms with Gasteiger partial charge in [-0.3, -0.25) is 30.3 Å². The first-order valence-electron chi connectivity index (χ1n) is 12.0. The molecular formula is C26H28N4O11. The molecule has 1 unspecified atom stereocenters. The van der Waals surface area contributed by atoms with Gasteiger partial charge in [0.15, 0.2) is 23.0 Å². The maximum absolute atomic E-state index is 10.4. The molecule has 1 atom stereocenters. The first-order chi connectivity index (χ1) is 19.5. The van der Waals surface area contributed by atoms with Gasteiger partial charge in [-0.05, 0) is 60.3 Å². The Morgan fingerprint density at radius 1 is 0.780 bits per heavy atom. The lowest BCUT2D eigenvalue weighted by Gasteiger charge is -2.28. The highest BCUT2D eigenvalue weighted by Crippen LogP contribution is 2.39. The van der Waals surface area contributed by atoms with Crippen molar-refractivity contribution in [2.24, 2.45) is 0 Å². The Balaban J connectivity index is 0.000000250. The van der Waals surface area contributed by atoms with Gasteiger partial charge in [0.1, 0.15) is 0 Å². The highest BCUT2D eigenvalue weighted by Gasteiger charge is 2.30. The van der Waals surface area contributed by atoms with Gasteiger partial charge in [-0.2, -0.15) is 0 Å². The summed E-state index contributed by atoms with van der Waals surface area (Å²) in [4.78, 5) is 27.8. The summed E-state index contributed by atoms with van der Waals surface area (Å²) in [5.41, 5.74) is 0.761. The van der Waals surface area contributed by atoms with Crippen molar-refractivity contribution in [3.63, 3.8) is 0 Å². The minimum atomic E-state index is -1.21. The fourth-order valence-corrected chi connectivity index (χ4v) is 4.37. The predicted molar refractivity (Wildman–Crippen MR) is 145 cm³/mol. The molecule has 0 aromatic heterocycles. The quantitative estimate of drug-likeness (QED) is 0.273. The van der Waals surface area contributed by atoms with Crippen molar-refractivity contribution < 1.29 is 38.8 Å². The fourth-order valence-electron chi connectivity index (χ4n) is 4.37. The van der Waals surface area contributed by atoms with Crippen LogP contribution < -0.4 is 24.3 Å². The molecule has 1 aliphatic heterocycles. The monoisotopic (exact) mass is 572 g/mol. The summed E-state index contributed by atoms with van der Waals surface area (Å²) in [6, 6.07) is 11.4. The summed E-state index contributed by atoms with van der Waals surface area (Å²) in [5.74, 6) is 1.84. The molecule has 0 bridgehead atoms. The molecule has 0 saturated carbocycles. The number of aromatic hydroxyl groups is 1. The van der Waals surface area contributed by atoms with Crippen molar-refractivity contribution in [3.8, 4) is 28.7 Å². The van der Waals surface area contributed by atoms with Gasteiger partial charge in [0.25, 0.3) is 11.4 Å². The number of nitro groups is 3. The first-order valence-corrected chi connectivity index (χ1v) is 12.0. The third-order valence-corrected chi connectivity index (χ3v) is 6.35. The molecule has 4 rings (SSSR count). The van der Waals surface area contributed by atoms with Gasteiger partial charge >= 0.3 is 11.4 Å². The number of rotatable bonds is 9. The van der Waals surface area contributed by atoms with E-state index in [2.05, 4.69) is 23.5 Å². The van der Waals surface area contributed by atoms with Crippen LogP contribution in [0.4, 0.5) is 17.1 Å². The molecule has 1 heterocycles. The summed E-state index contributed by atoms with van der Waals surface area (Å²) >= 11 is 0. The van der Waals surface area contributed by atoms with Crippen LogP contribution in [0.25, 0.3) is 0 Å². The Hall–Kier alpha value is -5.18. The SMILES string of the molecule is COc1ccc(CC2NCCc3cc(OC)c(OC)cc32)cc1OC.O=[N+]([O-])c1cc([N+](=O)[O-])c(O)c([N+](=O)[O-])c1. The number of nitrogens with one attached hydrogen (secondary N) is 1. The zero-order chi connectivity index (χ0) is 30.3. The van der Waals surface area contributed by atoms with Gasteiger partial charge in [-0.15, -0.1) is 0 Å². The maximum atomic E-state index is 10.4. The molecular weight excluding hydrogens is 544 g/mol. The molecule has 15 nitrogen and oxygen atoms in total. The van der Waals surface area contributed by atoms with Crippen LogP contribution in [0.1, 0.15) is 22.7 Å². The van der Waals surface area contributed by atoms with Crippen molar-refractivity contribution in [1.29, 1.82) is 0 Å². The van der Waals surface area contributed by atoms with E-state index in [0.29, 0.717) is 12.1 Å². The van der Waals surface area contributed by atoms with E-state index in [4.69, 9.17) is 24.1 Å². The summed E-state index contributed by atoms with van der Waals surface area (Å²) in [7, 11) is 6.65. The zero-order valence-electron chi connectivity index (χ0n) is 22.6. The second kappa shape index (κ2) is 13.3. The number of non-ortho nitro benzene ring substituents is 1. The maximum Gasteiger partial charge on any atom is 0.324 e. The van der Waals surface area contributed by atoms with E-state index in [1.54, 1.807) is 28.4 Å². The summed E-state index contributed by atoms with van der Waals surface area (Å²) in [6.45, 7) is 0.945. The van der Waals surface area contributed by atoms with Crippen molar-refractivity contribution in [1.82, 2.24) is 5.32 Å². The highest BCUT2D eigenvalue weighted by molar-refractivity contribution is 5.64. The van der Waals surface area contributed by atoms with E-state index in [-0.39, 0.29) is 6.04 Å². The Labute approximate surface area is 233 Å². The molecule has 3 aromatic rings. The average Bonchev–Trinajstić information content (AvgIpc) is 2.96. The molecule has 218 valence electrons. The van der Waals surface area contributed by atoms with Crippen LogP contribution in [0.3, 0.4) is 0 Å². The standard InChI is InChI=1S/C20H25NO4.C6H3N3O7/c1-22-17-6-5-13(10-18(17)23-2)9-16-15-12-20(25-4)19(24-3)11-14(15)7-8-21-16;10-6-4(8(13)14)1-3(7(11)12)2-5(6)9(15)16/h5-6,10-12,16,21H,7-9H2,1-4H3;1-2,10H. The molecule has 0 aliphatic carbocycles. The molecule has 1 aliphatic rings. The Morgan fingerprint density at radius 2 is 1.32 bits per heavy atom. The van der Waals surface area contributed by atoms with Crippen LogP contribution >= 0.6 is 0 Å². The molecule has 0 saturated heterocycles. The number of methoxy groups -OCH3 is 4. The third kappa shape index (κ3) is 6.88. The second-order valence-corrected chi connectivity index (χ2v) is 8.66. The van der Waals surface area contributed by atoms with Gasteiger partial charge in [0.05, 0.1) is 55.3 Å². The Kier molecular flexibility index (Phi) is 9.81. The van der Waals surface area contributed by atoms with Crippen LogP contribution in [0.2, 0.25) is 0 Å². The smallest absolute Gasteiger partial charge is 0.324 e. The van der Waals surface area contributed by atoms with E-state index in [9.17, 15) is 30.3 Å². The normalized spacial score (nSPS) is 13.6. The van der Waals surface area contributed by atoms with Crippen molar-refractivity contribution >= 4 is 17.1 Å². The van der Waals surface area contributed by atoms with Crippen molar-refractivity contribution in [3.05, 3.63) is 89.5 Å². The summed E-state index contributed by atoms with van der Waals surface area (Å²) in [5, 5.41) is 43.8. The van der Waals surface area contributed by atoms with Crippen LogP contribution in [-0.4, -0.2) is 54.9 Å². The Morgan fingerprint density at radius 3 is 1.83 bits per heavy atom. The van der Waals surface area contributed by atoms with Crippen LogP contribution in [0.5, 0.6) is 28.7 Å². The minimum Gasteiger partial charge on any atom is -0.497 e. The predicted octanol–water partition coefficient (Wildman–Crippen LogP) is 4.27. The lowest BCUT2D eigenvalue weighted by atomic mass is 9.89. The van der Waals surface area contributed by atoms with Crippen LogP contribution in [0, 0.1) is 30.3 Å². The van der Waals surface area contributed by atoms with E-state index in [0.717, 1.165) is 42.4 Å². The minimum absolute atomic E-state index is 0.224. The van der Waals surface area contributed by atoms with Gasteiger partial charge in [0, 0.05) is 6.04 Å². The number of benzene rings is 3. The van der Waals surface area contributed by atoms with E-state index in [1.165, 1.54) is 16.7 Å². The molecule has 0 fully saturated rings. The number of phenolic OH excluding ortho intramolecular Hbond substituents is 1. The molecule has 0 spiro atoms. The van der Waals surface area contributed by atoms with Gasteiger partial charge in [0.2, 0.25) is 0 Å². The van der Waals surface area contributed by atoms with Gasteiger partial charge in [-0.25, -0.2) is 0 Å². The molecule has 3 aromatic carbocycles. The molecule has 0 amide bonds. The molecule has 41 heavy (non-hydrogen) atoms. The van der Waals surface area contributed by atoms with Crippen molar-refractivity contribution in [2.45, 2.75) is 18.9 Å². The topological polar surface area (TPSA) is 199 Å². The van der Waals surface area contributed by atoms with Crippen LogP contribution in [-0.2, 0) is 12.8 Å². The molecule has 0 radical (unpaired) electrons. The lowest BCUT2D eigenvalue weighted by molar-refractivity contribution is -0.404. The highest BCUT2D eigenvalue weighted by atomic mass is 16.6. The number of nitro benzene ring substituents is 3. The number of hydrogen-bond donors (Lipinski definition) is 2. The van der Waals surface area contributed by atoms with Gasteiger partial charge in [-0.1, -0.05) is 6.07 Å². The molecule has 2 N–H and O–H groups in total. The third-order valence-electron chi connectivity index (χ3n) is 6.35. The number of fused-ring (bicyclic) bond motifs is 1. The van der Waals surface area contributed by atoms with Gasteiger partial charge < -0.3 is 29.4 Å². The largest absolute Gasteiger partial charge is 0.497 e. The molecule has 15 heteroatoms. The number of hydrogen-bond acceptors (Lipinski definition) is 12. The first kappa shape index (κ1) is 30.4. The number of phenols is 1. The van der Waals surface area contributed by atoms with Crippen LogP contribution in [0.15, 0.2) is 42.5 Å². The lowest BCUT2D eigenvalue weighted by Crippen LogP contribution is -2.31. The Bertz CT molecular complexity index is 1430. The fraction of sp³-hybridized carbons (Fsp3) is 0.308. The second-order valence-electron chi connectivity index (χ2n) is 8.66. The van der Waals surface area contributed by atoms with Crippen molar-refractivity contribution in [2.75, 3.05) is 35.0 Å². The number of ether oxygens (including phenoxy) is 4. The number of nitrogens with zero attached hydrogens (tertiary/aromatic N) is 3.